The van der Waals surface area contributed by atoms with Gasteiger partial charge in [-0.1, -0.05) is 30.3 Å². The smallest absolute Gasteiger partial charge is 0.415 e. The van der Waals surface area contributed by atoms with Crippen molar-refractivity contribution in [3.8, 4) is 0 Å². The van der Waals surface area contributed by atoms with E-state index < -0.39 is 30.0 Å². The minimum absolute atomic E-state index is 0.167. The third kappa shape index (κ3) is 2.76. The molecule has 0 aromatic heterocycles. The average molecular weight is 290 g/mol. The van der Waals surface area contributed by atoms with E-state index in [2.05, 4.69) is 9.47 Å². The maximum atomic E-state index is 13.3. The van der Waals surface area contributed by atoms with E-state index >= 15 is 0 Å². The van der Waals surface area contributed by atoms with E-state index in [1.807, 2.05) is 0 Å². The molecule has 7 heteroatoms. The van der Waals surface area contributed by atoms with Crippen LogP contribution >= 0.6 is 0 Å². The Balaban J connectivity index is 3.38. The number of hydrogen-bond acceptors (Lipinski definition) is 4. The predicted molar refractivity (Wildman–Crippen MR) is 62.7 cm³/mol. The van der Waals surface area contributed by atoms with Crippen molar-refractivity contribution in [1.29, 1.82) is 0 Å². The van der Waals surface area contributed by atoms with Crippen LogP contribution in [0.15, 0.2) is 30.3 Å². The monoisotopic (exact) mass is 290 g/mol. The molecule has 1 rings (SSSR count). The molecule has 0 radical (unpaired) electrons. The Morgan fingerprint density at radius 2 is 1.45 bits per heavy atom. The van der Waals surface area contributed by atoms with Crippen LogP contribution in [0.5, 0.6) is 0 Å². The number of methoxy groups -OCH3 is 2. The Hall–Kier alpha value is -2.05. The Morgan fingerprint density at radius 1 is 1.00 bits per heavy atom. The molecule has 0 aliphatic rings. The predicted octanol–water partition coefficient (Wildman–Crippen LogP) is 2.12. The van der Waals surface area contributed by atoms with Crippen molar-refractivity contribution >= 4 is 11.9 Å². The van der Waals surface area contributed by atoms with Gasteiger partial charge in [0.15, 0.2) is 0 Å². The van der Waals surface area contributed by atoms with Crippen molar-refractivity contribution in [2.24, 2.45) is 5.41 Å². The van der Waals surface area contributed by atoms with Crippen molar-refractivity contribution in [2.75, 3.05) is 14.2 Å². The van der Waals surface area contributed by atoms with Gasteiger partial charge in [-0.15, -0.1) is 0 Å². The first-order valence-corrected chi connectivity index (χ1v) is 5.57. The van der Waals surface area contributed by atoms with E-state index in [-0.39, 0.29) is 5.56 Å². The normalized spacial score (nSPS) is 11.8. The molecule has 1 aromatic rings. The maximum absolute atomic E-state index is 13.3. The lowest BCUT2D eigenvalue weighted by Crippen LogP contribution is -2.54. The standard InChI is InChI=1S/C13H13F3O4/c1-19-10(17)12(11(18)20-2,13(14,15)16)8-9-6-4-3-5-7-9/h3-7H,8H2,1-2H3. The van der Waals surface area contributed by atoms with Crippen LogP contribution in [0.25, 0.3) is 0 Å². The summed E-state index contributed by atoms with van der Waals surface area (Å²) in [5, 5.41) is 0. The number of alkyl halides is 3. The molecular formula is C13H13F3O4. The quantitative estimate of drug-likeness (QED) is 0.629. The summed E-state index contributed by atoms with van der Waals surface area (Å²) in [6.45, 7) is 0. The highest BCUT2D eigenvalue weighted by Crippen LogP contribution is 2.43. The van der Waals surface area contributed by atoms with Crippen LogP contribution in [-0.2, 0) is 25.5 Å². The minimum Gasteiger partial charge on any atom is -0.468 e. The number of rotatable bonds is 4. The van der Waals surface area contributed by atoms with Gasteiger partial charge < -0.3 is 9.47 Å². The van der Waals surface area contributed by atoms with Gasteiger partial charge in [-0.25, -0.2) is 0 Å². The molecule has 0 fully saturated rings. The molecule has 0 saturated carbocycles. The Labute approximate surface area is 113 Å². The van der Waals surface area contributed by atoms with E-state index in [1.54, 1.807) is 6.07 Å². The fraction of sp³-hybridized carbons (Fsp3) is 0.385. The highest BCUT2D eigenvalue weighted by atomic mass is 19.4. The van der Waals surface area contributed by atoms with Gasteiger partial charge in [-0.2, -0.15) is 13.2 Å². The van der Waals surface area contributed by atoms with Gasteiger partial charge in [-0.05, 0) is 5.56 Å². The Kier molecular flexibility index (Phi) is 4.75. The topological polar surface area (TPSA) is 52.6 Å². The van der Waals surface area contributed by atoms with Gasteiger partial charge in [0.05, 0.1) is 14.2 Å². The third-order valence-electron chi connectivity index (χ3n) is 2.86. The third-order valence-corrected chi connectivity index (χ3v) is 2.86. The van der Waals surface area contributed by atoms with Gasteiger partial charge in [-0.3, -0.25) is 9.59 Å². The summed E-state index contributed by atoms with van der Waals surface area (Å²) in [5.41, 5.74) is -3.20. The molecule has 0 bridgehead atoms. The number of ether oxygens (including phenoxy) is 2. The Bertz CT molecular complexity index is 466. The molecule has 0 atom stereocenters. The van der Waals surface area contributed by atoms with Crippen LogP contribution in [0.4, 0.5) is 13.2 Å². The summed E-state index contributed by atoms with van der Waals surface area (Å²) in [5.74, 6) is -3.39. The van der Waals surface area contributed by atoms with Crippen LogP contribution in [-0.4, -0.2) is 32.3 Å². The summed E-state index contributed by atoms with van der Waals surface area (Å²) in [6.07, 6.45) is -6.01. The van der Waals surface area contributed by atoms with E-state index in [0.717, 1.165) is 14.2 Å². The lowest BCUT2D eigenvalue weighted by atomic mass is 9.80. The van der Waals surface area contributed by atoms with Gasteiger partial charge >= 0.3 is 18.1 Å². The van der Waals surface area contributed by atoms with E-state index in [4.69, 9.17) is 0 Å². The molecule has 0 N–H and O–H groups in total. The van der Waals surface area contributed by atoms with E-state index in [0.29, 0.717) is 0 Å². The number of benzene rings is 1. The second-order valence-electron chi connectivity index (χ2n) is 4.05. The van der Waals surface area contributed by atoms with Gasteiger partial charge in [0, 0.05) is 6.42 Å². The largest absolute Gasteiger partial charge is 0.468 e. The summed E-state index contributed by atoms with van der Waals surface area (Å²) >= 11 is 0. The highest BCUT2D eigenvalue weighted by Gasteiger charge is 2.67. The van der Waals surface area contributed by atoms with Gasteiger partial charge in [0.25, 0.3) is 5.41 Å². The molecule has 0 amide bonds. The molecule has 0 spiro atoms. The number of carbonyl (C=O) groups excluding carboxylic acids is 2. The molecule has 110 valence electrons. The fourth-order valence-electron chi connectivity index (χ4n) is 1.81. The summed E-state index contributed by atoms with van der Waals surface area (Å²) < 4.78 is 48.4. The van der Waals surface area contributed by atoms with Crippen molar-refractivity contribution in [1.82, 2.24) is 0 Å². The van der Waals surface area contributed by atoms with Crippen LogP contribution in [0.1, 0.15) is 5.56 Å². The minimum atomic E-state index is -5.14. The number of halogens is 3. The molecule has 4 nitrogen and oxygen atoms in total. The molecule has 1 aromatic carbocycles. The lowest BCUT2D eigenvalue weighted by Gasteiger charge is -2.30. The van der Waals surface area contributed by atoms with Crippen molar-refractivity contribution < 1.29 is 32.2 Å². The van der Waals surface area contributed by atoms with E-state index in [9.17, 15) is 22.8 Å². The van der Waals surface area contributed by atoms with Gasteiger partial charge in [0.1, 0.15) is 0 Å². The zero-order chi connectivity index (χ0) is 15.4. The van der Waals surface area contributed by atoms with Crippen LogP contribution < -0.4 is 0 Å². The van der Waals surface area contributed by atoms with Crippen molar-refractivity contribution in [3.05, 3.63) is 35.9 Å². The van der Waals surface area contributed by atoms with Crippen LogP contribution in [0, 0.1) is 5.41 Å². The summed E-state index contributed by atoms with van der Waals surface area (Å²) in [7, 11) is 1.58. The fourth-order valence-corrected chi connectivity index (χ4v) is 1.81. The van der Waals surface area contributed by atoms with Gasteiger partial charge in [0.2, 0.25) is 0 Å². The van der Waals surface area contributed by atoms with Crippen molar-refractivity contribution in [2.45, 2.75) is 12.6 Å². The molecule has 0 aliphatic heterocycles. The average Bonchev–Trinajstić information content (AvgIpc) is 2.42. The van der Waals surface area contributed by atoms with Crippen molar-refractivity contribution in [3.63, 3.8) is 0 Å². The number of hydrogen-bond donors (Lipinski definition) is 0. The molecular weight excluding hydrogens is 277 g/mol. The highest BCUT2D eigenvalue weighted by molar-refractivity contribution is 6.01. The first-order chi connectivity index (χ1) is 9.29. The first-order valence-electron chi connectivity index (χ1n) is 5.57. The second-order valence-corrected chi connectivity index (χ2v) is 4.05. The SMILES string of the molecule is COC(=O)C(Cc1ccccc1)(C(=O)OC)C(F)(F)F. The van der Waals surface area contributed by atoms with E-state index in [1.165, 1.54) is 24.3 Å². The lowest BCUT2D eigenvalue weighted by molar-refractivity contribution is -0.238. The summed E-state index contributed by atoms with van der Waals surface area (Å²) in [4.78, 5) is 23.3. The molecule has 0 saturated heterocycles. The number of carbonyl (C=O) groups is 2. The first kappa shape index (κ1) is 16.0. The number of esters is 2. The Morgan fingerprint density at radius 3 is 1.80 bits per heavy atom. The summed E-state index contributed by atoms with van der Waals surface area (Å²) in [6, 6.07) is 7.38. The van der Waals surface area contributed by atoms with Crippen LogP contribution in [0.2, 0.25) is 0 Å². The van der Waals surface area contributed by atoms with Crippen LogP contribution in [0.3, 0.4) is 0 Å². The zero-order valence-electron chi connectivity index (χ0n) is 10.9. The molecule has 0 heterocycles. The zero-order valence-corrected chi connectivity index (χ0v) is 10.9. The molecule has 0 aliphatic carbocycles. The second kappa shape index (κ2) is 5.94. The maximum Gasteiger partial charge on any atom is 0.415 e. The molecule has 0 unspecified atom stereocenters. The molecule has 20 heavy (non-hydrogen) atoms.